The molecule has 5 aromatic rings. The number of para-hydroxylation sites is 1. The molecule has 0 bridgehead atoms. The maximum absolute atomic E-state index is 12.9. The Hall–Kier alpha value is -4.71. The largest absolute Gasteiger partial charge is 0.457 e. The standard InChI is InChI=1S/C28H22N4O2/c1-19-4-2-7-25-26(14-17-30-27(19)25)31-22-6-3-5-20(18-22)28(33)32-21-8-10-23(11-9-21)34-24-12-15-29-16-13-24/h2-18H,1H3,(H,30,31)(H,32,33). The highest BCUT2D eigenvalue weighted by molar-refractivity contribution is 6.05. The number of benzene rings is 3. The molecule has 3 aromatic carbocycles. The number of carbonyl (C=O) groups excluding carboxylic acids is 1. The molecule has 6 nitrogen and oxygen atoms in total. The van der Waals surface area contributed by atoms with E-state index in [-0.39, 0.29) is 5.91 Å². The van der Waals surface area contributed by atoms with Gasteiger partial charge in [0.1, 0.15) is 11.5 Å². The predicted octanol–water partition coefficient (Wildman–Crippen LogP) is 6.73. The molecule has 0 spiro atoms. The summed E-state index contributed by atoms with van der Waals surface area (Å²) in [5, 5.41) is 7.39. The Kier molecular flexibility index (Phi) is 5.86. The molecule has 166 valence electrons. The van der Waals surface area contributed by atoms with E-state index in [1.54, 1.807) is 36.8 Å². The molecular weight excluding hydrogens is 424 g/mol. The summed E-state index contributed by atoms with van der Waals surface area (Å²) in [6.45, 7) is 2.04. The van der Waals surface area contributed by atoms with Crippen molar-refractivity contribution in [3.8, 4) is 11.5 Å². The van der Waals surface area contributed by atoms with Crippen LogP contribution in [0.5, 0.6) is 11.5 Å². The van der Waals surface area contributed by atoms with Gasteiger partial charge in [-0.15, -0.1) is 0 Å². The highest BCUT2D eigenvalue weighted by atomic mass is 16.5. The van der Waals surface area contributed by atoms with E-state index in [0.29, 0.717) is 22.7 Å². The number of anilines is 3. The zero-order valence-corrected chi connectivity index (χ0v) is 18.5. The molecule has 5 rings (SSSR count). The molecule has 0 saturated carbocycles. The van der Waals surface area contributed by atoms with Gasteiger partial charge < -0.3 is 15.4 Å². The van der Waals surface area contributed by atoms with E-state index in [2.05, 4.69) is 20.6 Å². The van der Waals surface area contributed by atoms with Gasteiger partial charge in [-0.05, 0) is 73.2 Å². The molecular formula is C28H22N4O2. The summed E-state index contributed by atoms with van der Waals surface area (Å²) < 4.78 is 5.77. The van der Waals surface area contributed by atoms with E-state index in [0.717, 1.165) is 27.8 Å². The van der Waals surface area contributed by atoms with Crippen LogP contribution in [0.1, 0.15) is 15.9 Å². The van der Waals surface area contributed by atoms with Crippen molar-refractivity contribution in [2.75, 3.05) is 10.6 Å². The summed E-state index contributed by atoms with van der Waals surface area (Å²) in [4.78, 5) is 21.3. The summed E-state index contributed by atoms with van der Waals surface area (Å²) in [7, 11) is 0. The van der Waals surface area contributed by atoms with Gasteiger partial charge in [0.2, 0.25) is 0 Å². The SMILES string of the molecule is Cc1cccc2c(Nc3cccc(C(=O)Nc4ccc(Oc5ccncc5)cc4)c3)ccnc12. The van der Waals surface area contributed by atoms with E-state index in [9.17, 15) is 4.79 Å². The van der Waals surface area contributed by atoms with Gasteiger partial charge in [0, 0.05) is 46.6 Å². The number of nitrogens with one attached hydrogen (secondary N) is 2. The average Bonchev–Trinajstić information content (AvgIpc) is 2.87. The molecule has 34 heavy (non-hydrogen) atoms. The average molecular weight is 447 g/mol. The maximum atomic E-state index is 12.9. The third-order valence-electron chi connectivity index (χ3n) is 5.37. The fourth-order valence-electron chi connectivity index (χ4n) is 3.68. The molecule has 2 aromatic heterocycles. The van der Waals surface area contributed by atoms with Crippen LogP contribution in [0.15, 0.2) is 104 Å². The summed E-state index contributed by atoms with van der Waals surface area (Å²) >= 11 is 0. The quantitative estimate of drug-likeness (QED) is 0.303. The number of hydrogen-bond acceptors (Lipinski definition) is 5. The number of aryl methyl sites for hydroxylation is 1. The van der Waals surface area contributed by atoms with Crippen molar-refractivity contribution in [3.05, 3.63) is 115 Å². The van der Waals surface area contributed by atoms with Crippen molar-refractivity contribution < 1.29 is 9.53 Å². The summed E-state index contributed by atoms with van der Waals surface area (Å²) in [5.41, 5.74) is 5.07. The van der Waals surface area contributed by atoms with Crippen LogP contribution in [0, 0.1) is 6.92 Å². The van der Waals surface area contributed by atoms with Gasteiger partial charge in [0.25, 0.3) is 5.91 Å². The number of amides is 1. The van der Waals surface area contributed by atoms with E-state index in [4.69, 9.17) is 4.74 Å². The second-order valence-electron chi connectivity index (χ2n) is 7.80. The van der Waals surface area contributed by atoms with Crippen molar-refractivity contribution in [1.29, 1.82) is 0 Å². The Labute approximate surface area is 197 Å². The van der Waals surface area contributed by atoms with Gasteiger partial charge in [-0.1, -0.05) is 24.3 Å². The zero-order valence-electron chi connectivity index (χ0n) is 18.5. The van der Waals surface area contributed by atoms with Crippen LogP contribution in [0.3, 0.4) is 0 Å². The van der Waals surface area contributed by atoms with Crippen LogP contribution in [0.25, 0.3) is 10.9 Å². The fourth-order valence-corrected chi connectivity index (χ4v) is 3.68. The number of fused-ring (bicyclic) bond motifs is 1. The topological polar surface area (TPSA) is 76.1 Å². The first-order chi connectivity index (χ1) is 16.7. The molecule has 2 heterocycles. The lowest BCUT2D eigenvalue weighted by Gasteiger charge is -2.12. The number of ether oxygens (including phenoxy) is 1. The Morgan fingerprint density at radius 3 is 2.38 bits per heavy atom. The minimum absolute atomic E-state index is 0.193. The molecule has 0 aliphatic carbocycles. The number of carbonyl (C=O) groups is 1. The van der Waals surface area contributed by atoms with E-state index >= 15 is 0 Å². The molecule has 6 heteroatoms. The predicted molar refractivity (Wildman–Crippen MR) is 135 cm³/mol. The van der Waals surface area contributed by atoms with Crippen LogP contribution in [-0.4, -0.2) is 15.9 Å². The first kappa shape index (κ1) is 21.2. The summed E-state index contributed by atoms with van der Waals surface area (Å²) in [5.74, 6) is 1.19. The number of hydrogen-bond donors (Lipinski definition) is 2. The van der Waals surface area contributed by atoms with Gasteiger partial charge in [0.15, 0.2) is 0 Å². The summed E-state index contributed by atoms with van der Waals surface area (Å²) in [6.07, 6.45) is 5.13. The second kappa shape index (κ2) is 9.42. The van der Waals surface area contributed by atoms with Crippen LogP contribution < -0.4 is 15.4 Å². The van der Waals surface area contributed by atoms with Crippen LogP contribution in [-0.2, 0) is 0 Å². The van der Waals surface area contributed by atoms with Gasteiger partial charge in [-0.3, -0.25) is 14.8 Å². The van der Waals surface area contributed by atoms with Crippen LogP contribution >= 0.6 is 0 Å². The highest BCUT2D eigenvalue weighted by Gasteiger charge is 2.09. The third-order valence-corrected chi connectivity index (χ3v) is 5.37. The monoisotopic (exact) mass is 446 g/mol. The van der Waals surface area contributed by atoms with Crippen molar-refractivity contribution in [1.82, 2.24) is 9.97 Å². The third kappa shape index (κ3) is 4.71. The number of pyridine rings is 2. The second-order valence-corrected chi connectivity index (χ2v) is 7.80. The van der Waals surface area contributed by atoms with E-state index < -0.39 is 0 Å². The Balaban J connectivity index is 1.29. The Morgan fingerprint density at radius 2 is 1.56 bits per heavy atom. The van der Waals surface area contributed by atoms with Crippen LogP contribution in [0.4, 0.5) is 17.1 Å². The van der Waals surface area contributed by atoms with Crippen molar-refractivity contribution in [2.24, 2.45) is 0 Å². The normalized spacial score (nSPS) is 10.6. The number of nitrogens with zero attached hydrogens (tertiary/aromatic N) is 2. The Bertz CT molecular complexity index is 1450. The molecule has 0 aliphatic rings. The smallest absolute Gasteiger partial charge is 0.255 e. The molecule has 0 radical (unpaired) electrons. The minimum Gasteiger partial charge on any atom is -0.457 e. The molecule has 1 amide bonds. The lowest BCUT2D eigenvalue weighted by molar-refractivity contribution is 0.102. The highest BCUT2D eigenvalue weighted by Crippen LogP contribution is 2.27. The van der Waals surface area contributed by atoms with Crippen molar-refractivity contribution >= 4 is 33.9 Å². The number of aromatic nitrogens is 2. The first-order valence-electron chi connectivity index (χ1n) is 10.9. The lowest BCUT2D eigenvalue weighted by Crippen LogP contribution is -2.12. The van der Waals surface area contributed by atoms with Gasteiger partial charge in [0.05, 0.1) is 5.52 Å². The molecule has 0 aliphatic heterocycles. The van der Waals surface area contributed by atoms with Gasteiger partial charge in [-0.2, -0.15) is 0 Å². The zero-order chi connectivity index (χ0) is 23.3. The van der Waals surface area contributed by atoms with Crippen molar-refractivity contribution in [3.63, 3.8) is 0 Å². The van der Waals surface area contributed by atoms with Crippen molar-refractivity contribution in [2.45, 2.75) is 6.92 Å². The minimum atomic E-state index is -0.193. The molecule has 2 N–H and O–H groups in total. The molecule has 0 fully saturated rings. The van der Waals surface area contributed by atoms with Gasteiger partial charge >= 0.3 is 0 Å². The van der Waals surface area contributed by atoms with Gasteiger partial charge in [-0.25, -0.2) is 0 Å². The first-order valence-corrected chi connectivity index (χ1v) is 10.9. The van der Waals surface area contributed by atoms with E-state index in [1.807, 2.05) is 73.7 Å². The van der Waals surface area contributed by atoms with E-state index in [1.165, 1.54) is 0 Å². The maximum Gasteiger partial charge on any atom is 0.255 e. The Morgan fingerprint density at radius 1 is 0.794 bits per heavy atom. The molecule has 0 unspecified atom stereocenters. The molecule has 0 atom stereocenters. The van der Waals surface area contributed by atoms with Crippen LogP contribution in [0.2, 0.25) is 0 Å². The lowest BCUT2D eigenvalue weighted by atomic mass is 10.1. The fraction of sp³-hybridized carbons (Fsp3) is 0.0357. The number of rotatable bonds is 6. The summed E-state index contributed by atoms with van der Waals surface area (Å²) in [6, 6.07) is 26.2. The molecule has 0 saturated heterocycles.